The average Bonchev–Trinajstić information content (AvgIpc) is 2.74. The molecule has 0 aromatic carbocycles. The molecule has 0 aliphatic heterocycles. The number of aryl methyl sites for hydroxylation is 1. The lowest BCUT2D eigenvalue weighted by atomic mass is 9.99. The van der Waals surface area contributed by atoms with Crippen LogP contribution in [0, 0.1) is 6.92 Å². The number of carbonyl (C=O) groups is 1. The predicted molar refractivity (Wildman–Crippen MR) is 86.5 cm³/mol. The fourth-order valence-electron chi connectivity index (χ4n) is 2.11. The van der Waals surface area contributed by atoms with Crippen LogP contribution in [-0.4, -0.2) is 27.8 Å². The SMILES string of the molecule is Cc1nc2c(C(C)C(F)(F)F)c(NC(=O)OC(C)(C)C)cnc2s1. The van der Waals surface area contributed by atoms with Crippen molar-refractivity contribution < 1.29 is 22.7 Å². The van der Waals surface area contributed by atoms with Crippen LogP contribution in [0.4, 0.5) is 23.7 Å². The molecule has 1 N–H and O–H groups in total. The standard InChI is InChI=1S/C15H18F3N3O2S/c1-7(15(16,17)18)10-9(21-13(22)23-14(3,4)5)6-19-12-11(10)20-8(2)24-12/h6-7H,1-5H3,(H,21,22). The third-order valence-electron chi connectivity index (χ3n) is 3.13. The zero-order valence-electron chi connectivity index (χ0n) is 13.9. The first-order chi connectivity index (χ1) is 10.9. The Morgan fingerprint density at radius 1 is 1.33 bits per heavy atom. The van der Waals surface area contributed by atoms with E-state index in [9.17, 15) is 18.0 Å². The molecule has 132 valence electrons. The maximum absolute atomic E-state index is 13.3. The van der Waals surface area contributed by atoms with E-state index in [1.807, 2.05) is 0 Å². The molecule has 2 aromatic heterocycles. The van der Waals surface area contributed by atoms with Crippen molar-refractivity contribution in [3.8, 4) is 0 Å². The third kappa shape index (κ3) is 4.14. The van der Waals surface area contributed by atoms with Gasteiger partial charge in [0.2, 0.25) is 0 Å². The van der Waals surface area contributed by atoms with E-state index >= 15 is 0 Å². The first-order valence-corrected chi connectivity index (χ1v) is 8.03. The molecule has 1 atom stereocenters. The molecule has 0 aliphatic rings. The van der Waals surface area contributed by atoms with Gasteiger partial charge in [0.05, 0.1) is 22.8 Å². The Kier molecular flexibility index (Phi) is 4.76. The second-order valence-electron chi connectivity index (χ2n) is 6.36. The van der Waals surface area contributed by atoms with E-state index in [1.165, 1.54) is 17.5 Å². The molecule has 1 amide bonds. The van der Waals surface area contributed by atoms with Crippen LogP contribution < -0.4 is 5.32 Å². The number of alkyl halides is 3. The number of hydrogen-bond acceptors (Lipinski definition) is 5. The van der Waals surface area contributed by atoms with Crippen LogP contribution in [0.5, 0.6) is 0 Å². The van der Waals surface area contributed by atoms with Gasteiger partial charge in [-0.1, -0.05) is 11.3 Å². The van der Waals surface area contributed by atoms with E-state index in [0.717, 1.165) is 6.92 Å². The van der Waals surface area contributed by atoms with Crippen molar-refractivity contribution in [3.05, 3.63) is 16.8 Å². The molecule has 2 aromatic rings. The van der Waals surface area contributed by atoms with Gasteiger partial charge in [-0.3, -0.25) is 5.32 Å². The summed E-state index contributed by atoms with van der Waals surface area (Å²) in [5.41, 5.74) is -0.778. The summed E-state index contributed by atoms with van der Waals surface area (Å²) in [5.74, 6) is -1.81. The zero-order chi connectivity index (χ0) is 18.3. The third-order valence-corrected chi connectivity index (χ3v) is 4.01. The predicted octanol–water partition coefficient (Wildman–Crippen LogP) is 5.01. The Labute approximate surface area is 141 Å². The van der Waals surface area contributed by atoms with Gasteiger partial charge in [-0.05, 0) is 34.6 Å². The highest BCUT2D eigenvalue weighted by Crippen LogP contribution is 2.41. The number of aromatic nitrogens is 2. The molecule has 0 spiro atoms. The number of pyridine rings is 1. The molecule has 24 heavy (non-hydrogen) atoms. The molecule has 0 saturated heterocycles. The maximum atomic E-state index is 13.3. The van der Waals surface area contributed by atoms with Gasteiger partial charge in [-0.25, -0.2) is 14.8 Å². The van der Waals surface area contributed by atoms with Crippen LogP contribution in [0.1, 0.15) is 44.2 Å². The number of fused-ring (bicyclic) bond motifs is 1. The smallest absolute Gasteiger partial charge is 0.412 e. The molecule has 0 aliphatic carbocycles. The normalized spacial score (nSPS) is 13.8. The Morgan fingerprint density at radius 2 is 1.96 bits per heavy atom. The highest BCUT2D eigenvalue weighted by atomic mass is 32.1. The number of hydrogen-bond donors (Lipinski definition) is 1. The molecular formula is C15H18F3N3O2S. The summed E-state index contributed by atoms with van der Waals surface area (Å²) in [6, 6.07) is 0. The Hall–Kier alpha value is -1.90. The van der Waals surface area contributed by atoms with E-state index in [-0.39, 0.29) is 16.8 Å². The minimum atomic E-state index is -4.48. The van der Waals surface area contributed by atoms with Crippen LogP contribution in [0.25, 0.3) is 10.3 Å². The average molecular weight is 361 g/mol. The van der Waals surface area contributed by atoms with Crippen molar-refractivity contribution >= 4 is 33.5 Å². The Bertz CT molecular complexity index is 766. The van der Waals surface area contributed by atoms with Crippen LogP contribution in [0.15, 0.2) is 6.20 Å². The van der Waals surface area contributed by atoms with Gasteiger partial charge in [0, 0.05) is 5.56 Å². The van der Waals surface area contributed by atoms with E-state index in [2.05, 4.69) is 15.3 Å². The molecule has 5 nitrogen and oxygen atoms in total. The van der Waals surface area contributed by atoms with Gasteiger partial charge >= 0.3 is 12.3 Å². The molecule has 0 saturated carbocycles. The number of anilines is 1. The lowest BCUT2D eigenvalue weighted by Crippen LogP contribution is -2.28. The summed E-state index contributed by atoms with van der Waals surface area (Å²) in [6.07, 6.45) is -4.11. The van der Waals surface area contributed by atoms with Crippen molar-refractivity contribution in [2.24, 2.45) is 0 Å². The number of halogens is 3. The van der Waals surface area contributed by atoms with Gasteiger partial charge < -0.3 is 4.74 Å². The monoisotopic (exact) mass is 361 g/mol. The highest BCUT2D eigenvalue weighted by molar-refractivity contribution is 7.18. The second-order valence-corrected chi connectivity index (χ2v) is 7.54. The maximum Gasteiger partial charge on any atom is 0.412 e. The van der Waals surface area contributed by atoms with E-state index in [4.69, 9.17) is 4.74 Å². The first kappa shape index (κ1) is 18.4. The van der Waals surface area contributed by atoms with Crippen LogP contribution in [0.3, 0.4) is 0 Å². The minimum absolute atomic E-state index is 0.0492. The molecule has 2 rings (SSSR count). The number of rotatable bonds is 2. The van der Waals surface area contributed by atoms with Gasteiger partial charge in [0.15, 0.2) is 0 Å². The number of carbonyl (C=O) groups excluding carboxylic acids is 1. The summed E-state index contributed by atoms with van der Waals surface area (Å²) >= 11 is 1.20. The summed E-state index contributed by atoms with van der Waals surface area (Å²) in [6.45, 7) is 7.71. The van der Waals surface area contributed by atoms with Gasteiger partial charge in [-0.15, -0.1) is 0 Å². The number of nitrogens with one attached hydrogen (secondary N) is 1. The van der Waals surface area contributed by atoms with Crippen LogP contribution in [0.2, 0.25) is 0 Å². The van der Waals surface area contributed by atoms with Gasteiger partial charge in [0.25, 0.3) is 0 Å². The van der Waals surface area contributed by atoms with E-state index in [0.29, 0.717) is 9.84 Å². The van der Waals surface area contributed by atoms with Crippen LogP contribution in [-0.2, 0) is 4.74 Å². The topological polar surface area (TPSA) is 64.1 Å². The molecule has 1 unspecified atom stereocenters. The van der Waals surface area contributed by atoms with Gasteiger partial charge in [-0.2, -0.15) is 13.2 Å². The fourth-order valence-corrected chi connectivity index (χ4v) is 2.89. The van der Waals surface area contributed by atoms with Crippen LogP contribution >= 0.6 is 11.3 Å². The largest absolute Gasteiger partial charge is 0.444 e. The van der Waals surface area contributed by atoms with Crippen molar-refractivity contribution in [1.82, 2.24) is 9.97 Å². The Morgan fingerprint density at radius 3 is 2.50 bits per heavy atom. The van der Waals surface area contributed by atoms with E-state index < -0.39 is 23.8 Å². The Balaban J connectivity index is 2.51. The number of ether oxygens (including phenoxy) is 1. The van der Waals surface area contributed by atoms with E-state index in [1.54, 1.807) is 27.7 Å². The lowest BCUT2D eigenvalue weighted by Gasteiger charge is -2.22. The molecule has 2 heterocycles. The molecule has 0 bridgehead atoms. The summed E-state index contributed by atoms with van der Waals surface area (Å²) < 4.78 is 44.9. The van der Waals surface area contributed by atoms with Crippen molar-refractivity contribution in [3.63, 3.8) is 0 Å². The molecule has 0 fully saturated rings. The van der Waals surface area contributed by atoms with Gasteiger partial charge in [0.1, 0.15) is 15.9 Å². The quantitative estimate of drug-likeness (QED) is 0.816. The first-order valence-electron chi connectivity index (χ1n) is 7.21. The molecule has 0 radical (unpaired) electrons. The number of amides is 1. The number of thiazole rings is 1. The molecular weight excluding hydrogens is 343 g/mol. The summed E-state index contributed by atoms with van der Waals surface area (Å²) in [5, 5.41) is 2.96. The lowest BCUT2D eigenvalue weighted by molar-refractivity contribution is -0.145. The molecule has 9 heteroatoms. The number of nitrogens with zero attached hydrogens (tertiary/aromatic N) is 2. The highest BCUT2D eigenvalue weighted by Gasteiger charge is 2.40. The van der Waals surface area contributed by atoms with Crippen molar-refractivity contribution in [2.45, 2.75) is 52.3 Å². The second kappa shape index (κ2) is 6.19. The van der Waals surface area contributed by atoms with Crippen molar-refractivity contribution in [1.29, 1.82) is 0 Å². The minimum Gasteiger partial charge on any atom is -0.444 e. The fraction of sp³-hybridized carbons (Fsp3) is 0.533. The summed E-state index contributed by atoms with van der Waals surface area (Å²) in [4.78, 5) is 20.6. The zero-order valence-corrected chi connectivity index (χ0v) is 14.7. The summed E-state index contributed by atoms with van der Waals surface area (Å²) in [7, 11) is 0. The van der Waals surface area contributed by atoms with Crippen molar-refractivity contribution in [2.75, 3.05) is 5.32 Å².